The lowest BCUT2D eigenvalue weighted by Gasteiger charge is -2.03. The number of carbonyl (C=O) groups excluding carboxylic acids is 1. The van der Waals surface area contributed by atoms with Crippen molar-refractivity contribution in [1.29, 1.82) is 0 Å². The largest absolute Gasteiger partial charge is 0.596 e. The number of benzene rings is 1. The number of hydrogen-bond acceptors (Lipinski definition) is 4. The van der Waals surface area contributed by atoms with Crippen LogP contribution in [0, 0.1) is 0 Å². The highest BCUT2D eigenvalue weighted by Gasteiger charge is 1.95. The Bertz CT molecular complexity index is 289. The fourth-order valence-corrected chi connectivity index (χ4v) is 0.724. The maximum atomic E-state index is 9.84. The standard InChI is InChI=1S/C9H9BNO3/c12-8-4-7-11-14-10-13-9-5-2-1-3-6-9/h1-8,11H. The molecular formula is C9H9BNO3. The monoisotopic (exact) mass is 190 g/mol. The van der Waals surface area contributed by atoms with Gasteiger partial charge in [-0.05, 0) is 18.2 Å². The first-order chi connectivity index (χ1) is 6.93. The van der Waals surface area contributed by atoms with Gasteiger partial charge >= 0.3 is 7.69 Å². The van der Waals surface area contributed by atoms with Gasteiger partial charge in [0.25, 0.3) is 0 Å². The third-order valence-electron chi connectivity index (χ3n) is 1.29. The van der Waals surface area contributed by atoms with E-state index < -0.39 is 0 Å². The lowest BCUT2D eigenvalue weighted by atomic mass is 10.3. The van der Waals surface area contributed by atoms with E-state index >= 15 is 0 Å². The second kappa shape index (κ2) is 6.74. The molecule has 0 fully saturated rings. The summed E-state index contributed by atoms with van der Waals surface area (Å²) < 4.78 is 9.75. The number of hydrogen-bond donors (Lipinski definition) is 1. The van der Waals surface area contributed by atoms with Crippen LogP contribution in [0.15, 0.2) is 42.6 Å². The van der Waals surface area contributed by atoms with Crippen LogP contribution in [-0.4, -0.2) is 14.0 Å². The molecular weight excluding hydrogens is 181 g/mol. The number of allylic oxidation sites excluding steroid dienone is 1. The van der Waals surface area contributed by atoms with Crippen LogP contribution in [-0.2, 0) is 9.55 Å². The molecule has 0 saturated carbocycles. The van der Waals surface area contributed by atoms with Crippen LogP contribution in [0.3, 0.4) is 0 Å². The summed E-state index contributed by atoms with van der Waals surface area (Å²) in [5.41, 5.74) is 2.36. The van der Waals surface area contributed by atoms with E-state index in [9.17, 15) is 4.79 Å². The smallest absolute Gasteiger partial charge is 0.536 e. The minimum atomic E-state index is 0.633. The van der Waals surface area contributed by atoms with Gasteiger partial charge in [-0.1, -0.05) is 18.2 Å². The zero-order chi connectivity index (χ0) is 10.1. The molecule has 0 bridgehead atoms. The van der Waals surface area contributed by atoms with Crippen LogP contribution in [0.5, 0.6) is 5.75 Å². The summed E-state index contributed by atoms with van der Waals surface area (Å²) in [6, 6.07) is 9.17. The third-order valence-corrected chi connectivity index (χ3v) is 1.29. The van der Waals surface area contributed by atoms with Crippen LogP contribution in [0.1, 0.15) is 0 Å². The summed E-state index contributed by atoms with van der Waals surface area (Å²) in [5, 5.41) is 0. The summed E-state index contributed by atoms with van der Waals surface area (Å²) in [6.45, 7) is 0. The van der Waals surface area contributed by atoms with Crippen molar-refractivity contribution in [2.24, 2.45) is 0 Å². The second-order valence-corrected chi connectivity index (χ2v) is 2.26. The Kier molecular flexibility index (Phi) is 4.97. The van der Waals surface area contributed by atoms with Crippen molar-refractivity contribution in [3.05, 3.63) is 42.6 Å². The molecule has 14 heavy (non-hydrogen) atoms. The molecule has 0 atom stereocenters. The molecule has 1 aromatic carbocycles. The molecule has 0 aliphatic rings. The van der Waals surface area contributed by atoms with Gasteiger partial charge in [0.2, 0.25) is 0 Å². The highest BCUT2D eigenvalue weighted by molar-refractivity contribution is 6.19. The lowest BCUT2D eigenvalue weighted by molar-refractivity contribution is -0.104. The summed E-state index contributed by atoms with van der Waals surface area (Å²) >= 11 is 0. The first-order valence-corrected chi connectivity index (χ1v) is 3.98. The van der Waals surface area contributed by atoms with Crippen molar-refractivity contribution in [2.45, 2.75) is 0 Å². The van der Waals surface area contributed by atoms with E-state index in [0.717, 1.165) is 7.69 Å². The molecule has 0 spiro atoms. The summed E-state index contributed by atoms with van der Waals surface area (Å²) in [6.07, 6.45) is 3.24. The van der Waals surface area contributed by atoms with E-state index in [1.54, 1.807) is 12.1 Å². The van der Waals surface area contributed by atoms with Gasteiger partial charge in [-0.15, -0.1) is 0 Å². The molecule has 1 radical (unpaired) electrons. The molecule has 1 rings (SSSR count). The molecule has 0 aliphatic carbocycles. The average molecular weight is 190 g/mol. The van der Waals surface area contributed by atoms with E-state index in [1.807, 2.05) is 18.2 Å². The fourth-order valence-electron chi connectivity index (χ4n) is 0.724. The van der Waals surface area contributed by atoms with Crippen LogP contribution < -0.4 is 10.1 Å². The molecule has 1 N–H and O–H groups in total. The Morgan fingerprint density at radius 2 is 2.07 bits per heavy atom. The molecule has 71 valence electrons. The number of rotatable bonds is 6. The third kappa shape index (κ3) is 4.32. The molecule has 1 aromatic rings. The fraction of sp³-hybridized carbons (Fsp3) is 0. The van der Waals surface area contributed by atoms with Crippen molar-refractivity contribution >= 4 is 14.0 Å². The van der Waals surface area contributed by atoms with E-state index in [4.69, 9.17) is 9.41 Å². The van der Waals surface area contributed by atoms with Gasteiger partial charge in [-0.3, -0.25) is 15.0 Å². The van der Waals surface area contributed by atoms with E-state index in [0.29, 0.717) is 12.0 Å². The molecule has 0 amide bonds. The van der Waals surface area contributed by atoms with Crippen LogP contribution >= 0.6 is 0 Å². The van der Waals surface area contributed by atoms with Crippen molar-refractivity contribution in [3.63, 3.8) is 0 Å². The first kappa shape index (κ1) is 10.3. The predicted molar refractivity (Wildman–Crippen MR) is 52.2 cm³/mol. The van der Waals surface area contributed by atoms with Gasteiger partial charge in [-0.2, -0.15) is 0 Å². The van der Waals surface area contributed by atoms with Crippen LogP contribution in [0.25, 0.3) is 0 Å². The van der Waals surface area contributed by atoms with Crippen molar-refractivity contribution in [3.8, 4) is 5.75 Å². The molecule has 0 aromatic heterocycles. The Morgan fingerprint density at radius 3 is 2.79 bits per heavy atom. The minimum Gasteiger partial charge on any atom is -0.536 e. The number of carbonyl (C=O) groups is 1. The quantitative estimate of drug-likeness (QED) is 0.237. The molecule has 0 saturated heterocycles. The average Bonchev–Trinajstić information content (AvgIpc) is 2.25. The molecule has 0 unspecified atom stereocenters. The molecule has 0 aliphatic heterocycles. The zero-order valence-corrected chi connectivity index (χ0v) is 7.42. The predicted octanol–water partition coefficient (Wildman–Crippen LogP) is 0.833. The molecule has 4 nitrogen and oxygen atoms in total. The van der Waals surface area contributed by atoms with Gasteiger partial charge in [0, 0.05) is 6.20 Å². The first-order valence-electron chi connectivity index (χ1n) is 3.98. The minimum absolute atomic E-state index is 0.633. The zero-order valence-electron chi connectivity index (χ0n) is 7.42. The van der Waals surface area contributed by atoms with Crippen molar-refractivity contribution in [2.75, 3.05) is 0 Å². The van der Waals surface area contributed by atoms with E-state index in [1.165, 1.54) is 12.3 Å². The molecule has 5 heteroatoms. The van der Waals surface area contributed by atoms with Crippen LogP contribution in [0.4, 0.5) is 0 Å². The van der Waals surface area contributed by atoms with Gasteiger partial charge in [0.05, 0.1) is 0 Å². The van der Waals surface area contributed by atoms with Gasteiger partial charge in [0.15, 0.2) is 0 Å². The molecule has 0 heterocycles. The number of aldehydes is 1. The Morgan fingerprint density at radius 1 is 1.29 bits per heavy atom. The van der Waals surface area contributed by atoms with Crippen LogP contribution in [0.2, 0.25) is 0 Å². The lowest BCUT2D eigenvalue weighted by Crippen LogP contribution is -2.15. The normalized spacial score (nSPS) is 9.71. The highest BCUT2D eigenvalue weighted by Crippen LogP contribution is 2.06. The number of para-hydroxylation sites is 1. The van der Waals surface area contributed by atoms with E-state index in [2.05, 4.69) is 5.48 Å². The SMILES string of the molecule is O=CC=CNO[B]Oc1ccccc1. The second-order valence-electron chi connectivity index (χ2n) is 2.26. The Hall–Kier alpha value is -1.75. The number of nitrogens with one attached hydrogen (secondary N) is 1. The Balaban J connectivity index is 2.10. The Labute approximate surface area is 82.8 Å². The topological polar surface area (TPSA) is 47.6 Å². The van der Waals surface area contributed by atoms with Crippen molar-refractivity contribution < 1.29 is 14.2 Å². The highest BCUT2D eigenvalue weighted by atomic mass is 16.7. The van der Waals surface area contributed by atoms with Gasteiger partial charge < -0.3 is 4.65 Å². The maximum absolute atomic E-state index is 9.84. The number of hydroxylamine groups is 1. The maximum Gasteiger partial charge on any atom is 0.596 e. The summed E-state index contributed by atoms with van der Waals surface area (Å²) in [5.74, 6) is 0.675. The summed E-state index contributed by atoms with van der Waals surface area (Å²) in [4.78, 5) is 9.84. The van der Waals surface area contributed by atoms with Crippen molar-refractivity contribution in [1.82, 2.24) is 5.48 Å². The van der Waals surface area contributed by atoms with Gasteiger partial charge in [-0.25, -0.2) is 0 Å². The van der Waals surface area contributed by atoms with Gasteiger partial charge in [0.1, 0.15) is 12.0 Å². The van der Waals surface area contributed by atoms with E-state index in [-0.39, 0.29) is 0 Å². The summed E-state index contributed by atoms with van der Waals surface area (Å²) in [7, 11) is 1.13.